The van der Waals surface area contributed by atoms with Crippen LogP contribution in [0.25, 0.3) is 22.6 Å². The third kappa shape index (κ3) is 2.96. The molecule has 0 aliphatic heterocycles. The first-order chi connectivity index (χ1) is 12.1. The number of fused-ring (bicyclic) bond motifs is 1. The van der Waals surface area contributed by atoms with E-state index in [-0.39, 0.29) is 6.61 Å². The summed E-state index contributed by atoms with van der Waals surface area (Å²) in [7, 11) is 0. The van der Waals surface area contributed by atoms with Gasteiger partial charge in [-0.05, 0) is 49.2 Å². The number of imidazole rings is 1. The van der Waals surface area contributed by atoms with E-state index in [0.717, 1.165) is 33.9 Å². The lowest BCUT2D eigenvalue weighted by Gasteiger charge is -2.09. The molecule has 0 aliphatic carbocycles. The minimum absolute atomic E-state index is 0.0146. The molecule has 4 aromatic rings. The summed E-state index contributed by atoms with van der Waals surface area (Å²) in [4.78, 5) is 4.78. The lowest BCUT2D eigenvalue weighted by atomic mass is 10.1. The van der Waals surface area contributed by atoms with Crippen LogP contribution in [-0.2, 0) is 13.2 Å². The third-order valence-electron chi connectivity index (χ3n) is 4.38. The van der Waals surface area contributed by atoms with Gasteiger partial charge < -0.3 is 14.1 Å². The molecule has 0 fully saturated rings. The summed E-state index contributed by atoms with van der Waals surface area (Å²) in [6.07, 6.45) is 0. The number of aryl methyl sites for hydroxylation is 2. The minimum atomic E-state index is 0.0146. The molecule has 0 saturated heterocycles. The Morgan fingerprint density at radius 1 is 1.00 bits per heavy atom. The molecular formula is C21H20N2O2. The van der Waals surface area contributed by atoms with Crippen LogP contribution in [0.1, 0.15) is 22.5 Å². The Labute approximate surface area is 146 Å². The maximum absolute atomic E-state index is 9.49. The van der Waals surface area contributed by atoms with Crippen molar-refractivity contribution in [3.05, 3.63) is 77.0 Å². The van der Waals surface area contributed by atoms with Crippen molar-refractivity contribution < 1.29 is 9.52 Å². The maximum Gasteiger partial charge on any atom is 0.177 e. The molecular weight excluding hydrogens is 312 g/mol. The van der Waals surface area contributed by atoms with E-state index in [1.165, 1.54) is 11.1 Å². The van der Waals surface area contributed by atoms with E-state index < -0.39 is 0 Å². The van der Waals surface area contributed by atoms with Crippen LogP contribution < -0.4 is 0 Å². The van der Waals surface area contributed by atoms with Crippen molar-refractivity contribution in [2.24, 2.45) is 0 Å². The molecule has 4 rings (SSSR count). The highest BCUT2D eigenvalue weighted by Gasteiger charge is 2.16. The zero-order valence-corrected chi connectivity index (χ0v) is 14.4. The molecule has 2 heterocycles. The van der Waals surface area contributed by atoms with Gasteiger partial charge in [0.05, 0.1) is 17.6 Å². The molecule has 0 amide bonds. The van der Waals surface area contributed by atoms with Crippen LogP contribution in [0.4, 0.5) is 0 Å². The van der Waals surface area contributed by atoms with Gasteiger partial charge in [0.15, 0.2) is 11.6 Å². The van der Waals surface area contributed by atoms with Gasteiger partial charge in [0.2, 0.25) is 0 Å². The van der Waals surface area contributed by atoms with E-state index in [0.29, 0.717) is 6.54 Å². The van der Waals surface area contributed by atoms with Gasteiger partial charge >= 0.3 is 0 Å². The molecule has 1 N–H and O–H groups in total. The number of aliphatic hydroxyl groups is 1. The monoisotopic (exact) mass is 332 g/mol. The summed E-state index contributed by atoms with van der Waals surface area (Å²) in [5, 5.41) is 9.49. The highest BCUT2D eigenvalue weighted by Crippen LogP contribution is 2.28. The fourth-order valence-electron chi connectivity index (χ4n) is 3.16. The second kappa shape index (κ2) is 6.22. The van der Waals surface area contributed by atoms with Gasteiger partial charge in [0.1, 0.15) is 5.76 Å². The van der Waals surface area contributed by atoms with Crippen molar-refractivity contribution in [3.63, 3.8) is 0 Å². The topological polar surface area (TPSA) is 51.2 Å². The fourth-order valence-corrected chi connectivity index (χ4v) is 3.16. The standard InChI is InChI=1S/C21H20N2O2/c1-14-4-3-5-16(10-14)12-23-19-11-17(13-24)7-8-18(19)22-21(23)20-9-6-15(2)25-20/h3-11,24H,12-13H2,1-2H3. The maximum atomic E-state index is 9.49. The highest BCUT2D eigenvalue weighted by atomic mass is 16.3. The summed E-state index contributed by atoms with van der Waals surface area (Å²) in [6.45, 7) is 4.74. The molecule has 0 bridgehead atoms. The van der Waals surface area contributed by atoms with Gasteiger partial charge in [0.25, 0.3) is 0 Å². The molecule has 0 atom stereocenters. The largest absolute Gasteiger partial charge is 0.458 e. The highest BCUT2D eigenvalue weighted by molar-refractivity contribution is 5.80. The first kappa shape index (κ1) is 15.7. The number of rotatable bonds is 4. The number of aliphatic hydroxyl groups excluding tert-OH is 1. The van der Waals surface area contributed by atoms with Gasteiger partial charge in [-0.3, -0.25) is 0 Å². The smallest absolute Gasteiger partial charge is 0.177 e. The zero-order chi connectivity index (χ0) is 17.4. The predicted octanol–water partition coefficient (Wildman–Crippen LogP) is 4.45. The molecule has 4 heteroatoms. The Hall–Kier alpha value is -2.85. The molecule has 4 nitrogen and oxygen atoms in total. The summed E-state index contributed by atoms with van der Waals surface area (Å²) in [5.41, 5.74) is 5.21. The average molecular weight is 332 g/mol. The lowest BCUT2D eigenvalue weighted by Crippen LogP contribution is -2.02. The molecule has 0 radical (unpaired) electrons. The SMILES string of the molecule is Cc1cccc(Cn2c(-c3ccc(C)o3)nc3ccc(CO)cc32)c1. The van der Waals surface area contributed by atoms with Gasteiger partial charge in [-0.2, -0.15) is 0 Å². The predicted molar refractivity (Wildman–Crippen MR) is 98.4 cm³/mol. The second-order valence-corrected chi connectivity index (χ2v) is 6.40. The zero-order valence-electron chi connectivity index (χ0n) is 14.4. The molecule has 2 aromatic carbocycles. The van der Waals surface area contributed by atoms with E-state index in [9.17, 15) is 5.11 Å². The van der Waals surface area contributed by atoms with Gasteiger partial charge in [-0.1, -0.05) is 35.9 Å². The average Bonchev–Trinajstić information content (AvgIpc) is 3.18. The van der Waals surface area contributed by atoms with Crippen LogP contribution >= 0.6 is 0 Å². The second-order valence-electron chi connectivity index (χ2n) is 6.40. The Balaban J connectivity index is 1.91. The first-order valence-corrected chi connectivity index (χ1v) is 8.36. The normalized spacial score (nSPS) is 11.3. The van der Waals surface area contributed by atoms with Gasteiger partial charge in [0, 0.05) is 6.54 Å². The summed E-state index contributed by atoms with van der Waals surface area (Å²) in [6, 6.07) is 18.2. The first-order valence-electron chi connectivity index (χ1n) is 8.36. The Morgan fingerprint density at radius 2 is 1.88 bits per heavy atom. The van der Waals surface area contributed by atoms with E-state index in [4.69, 9.17) is 9.40 Å². The Bertz CT molecular complexity index is 1040. The van der Waals surface area contributed by atoms with Gasteiger partial charge in [-0.25, -0.2) is 4.98 Å². The number of benzene rings is 2. The van der Waals surface area contributed by atoms with Crippen molar-refractivity contribution in [3.8, 4) is 11.6 Å². The van der Waals surface area contributed by atoms with Crippen LogP contribution in [0, 0.1) is 13.8 Å². The molecule has 0 spiro atoms. The van der Waals surface area contributed by atoms with Gasteiger partial charge in [-0.15, -0.1) is 0 Å². The van der Waals surface area contributed by atoms with E-state index in [1.807, 2.05) is 37.3 Å². The quantitative estimate of drug-likeness (QED) is 0.600. The summed E-state index contributed by atoms with van der Waals surface area (Å²) >= 11 is 0. The third-order valence-corrected chi connectivity index (χ3v) is 4.38. The molecule has 126 valence electrons. The van der Waals surface area contributed by atoms with Crippen molar-refractivity contribution in [1.29, 1.82) is 0 Å². The van der Waals surface area contributed by atoms with Crippen LogP contribution in [0.3, 0.4) is 0 Å². The molecule has 0 unspecified atom stereocenters. The minimum Gasteiger partial charge on any atom is -0.458 e. The van der Waals surface area contributed by atoms with Crippen LogP contribution in [0.15, 0.2) is 59.0 Å². The van der Waals surface area contributed by atoms with E-state index in [1.54, 1.807) is 0 Å². The Kier molecular flexibility index (Phi) is 3.90. The number of hydrogen-bond acceptors (Lipinski definition) is 3. The number of aromatic nitrogens is 2. The van der Waals surface area contributed by atoms with Crippen molar-refractivity contribution in [1.82, 2.24) is 9.55 Å². The van der Waals surface area contributed by atoms with Crippen LogP contribution in [0.5, 0.6) is 0 Å². The van der Waals surface area contributed by atoms with Crippen molar-refractivity contribution >= 4 is 11.0 Å². The molecule has 25 heavy (non-hydrogen) atoms. The van der Waals surface area contributed by atoms with E-state index >= 15 is 0 Å². The number of nitrogens with zero attached hydrogens (tertiary/aromatic N) is 2. The molecule has 0 aliphatic rings. The van der Waals surface area contributed by atoms with Crippen LogP contribution in [0.2, 0.25) is 0 Å². The molecule has 2 aromatic heterocycles. The van der Waals surface area contributed by atoms with E-state index in [2.05, 4.69) is 35.8 Å². The Morgan fingerprint density at radius 3 is 2.60 bits per heavy atom. The van der Waals surface area contributed by atoms with Crippen LogP contribution in [-0.4, -0.2) is 14.7 Å². The van der Waals surface area contributed by atoms with Crippen molar-refractivity contribution in [2.75, 3.05) is 0 Å². The number of furan rings is 1. The fraction of sp³-hybridized carbons (Fsp3) is 0.190. The lowest BCUT2D eigenvalue weighted by molar-refractivity contribution is 0.282. The summed E-state index contributed by atoms with van der Waals surface area (Å²) < 4.78 is 7.98. The molecule has 0 saturated carbocycles. The summed E-state index contributed by atoms with van der Waals surface area (Å²) in [5.74, 6) is 2.42. The number of hydrogen-bond donors (Lipinski definition) is 1. The van der Waals surface area contributed by atoms with Crippen molar-refractivity contribution in [2.45, 2.75) is 27.0 Å².